The fourth-order valence-electron chi connectivity index (χ4n) is 2.57. The molecule has 1 aliphatic carbocycles. The molecule has 0 bridgehead atoms. The monoisotopic (exact) mass is 328 g/mol. The summed E-state index contributed by atoms with van der Waals surface area (Å²) in [5, 5.41) is 8.65. The van der Waals surface area contributed by atoms with Crippen molar-refractivity contribution in [1.29, 1.82) is 0 Å². The van der Waals surface area contributed by atoms with E-state index >= 15 is 0 Å². The minimum absolute atomic E-state index is 0.236. The zero-order chi connectivity index (χ0) is 15.6. The van der Waals surface area contributed by atoms with Crippen molar-refractivity contribution in [3.05, 3.63) is 24.5 Å². The zero-order valence-electron chi connectivity index (χ0n) is 11.8. The molecule has 0 N–H and O–H groups in total. The van der Waals surface area contributed by atoms with Crippen LogP contribution >= 0.6 is 11.8 Å². The molecule has 118 valence electrons. The van der Waals surface area contributed by atoms with Gasteiger partial charge in [-0.05, 0) is 25.0 Å². The predicted molar refractivity (Wildman–Crippen MR) is 77.4 cm³/mol. The van der Waals surface area contributed by atoms with E-state index in [1.165, 1.54) is 24.2 Å². The highest BCUT2D eigenvalue weighted by Gasteiger charge is 2.32. The van der Waals surface area contributed by atoms with Gasteiger partial charge in [-0.25, -0.2) is 0 Å². The van der Waals surface area contributed by atoms with Crippen molar-refractivity contribution in [1.82, 2.24) is 19.7 Å². The molecule has 2 aromatic rings. The fourth-order valence-corrected chi connectivity index (χ4v) is 3.80. The Hall–Kier alpha value is -1.57. The van der Waals surface area contributed by atoms with E-state index in [4.69, 9.17) is 0 Å². The van der Waals surface area contributed by atoms with Gasteiger partial charge in [0.25, 0.3) is 0 Å². The van der Waals surface area contributed by atoms with Gasteiger partial charge in [0.05, 0.1) is 0 Å². The third-order valence-electron chi connectivity index (χ3n) is 3.57. The molecular formula is C14H15F3N4S. The summed E-state index contributed by atoms with van der Waals surface area (Å²) in [6.45, 7) is -1.08. The van der Waals surface area contributed by atoms with Gasteiger partial charge in [0.1, 0.15) is 6.54 Å². The molecule has 2 heterocycles. The van der Waals surface area contributed by atoms with Crippen molar-refractivity contribution in [2.24, 2.45) is 0 Å². The third kappa shape index (κ3) is 3.60. The molecule has 0 spiro atoms. The van der Waals surface area contributed by atoms with Crippen LogP contribution in [-0.2, 0) is 6.54 Å². The first-order chi connectivity index (χ1) is 10.5. The Balaban J connectivity index is 1.93. The maximum atomic E-state index is 12.9. The van der Waals surface area contributed by atoms with Crippen LogP contribution in [0.25, 0.3) is 11.4 Å². The zero-order valence-corrected chi connectivity index (χ0v) is 12.6. The molecule has 22 heavy (non-hydrogen) atoms. The van der Waals surface area contributed by atoms with E-state index in [-0.39, 0.29) is 5.82 Å². The molecule has 0 amide bonds. The highest BCUT2D eigenvalue weighted by Crippen LogP contribution is 2.36. The van der Waals surface area contributed by atoms with Gasteiger partial charge in [0.15, 0.2) is 11.0 Å². The van der Waals surface area contributed by atoms with Crippen LogP contribution in [-0.4, -0.2) is 31.2 Å². The number of nitrogens with zero attached hydrogens (tertiary/aromatic N) is 4. The summed E-state index contributed by atoms with van der Waals surface area (Å²) in [6, 6.07) is 3.28. The van der Waals surface area contributed by atoms with E-state index in [2.05, 4.69) is 15.2 Å². The highest BCUT2D eigenvalue weighted by molar-refractivity contribution is 7.99. The summed E-state index contributed by atoms with van der Waals surface area (Å²) >= 11 is 1.41. The molecule has 0 unspecified atom stereocenters. The number of thioether (sulfide) groups is 1. The SMILES string of the molecule is FC(F)(F)Cn1c(SC2CCCC2)nnc1-c1ccncc1. The van der Waals surface area contributed by atoms with Gasteiger partial charge in [-0.1, -0.05) is 24.6 Å². The lowest BCUT2D eigenvalue weighted by molar-refractivity contribution is -0.141. The lowest BCUT2D eigenvalue weighted by atomic mass is 10.2. The highest BCUT2D eigenvalue weighted by atomic mass is 32.2. The van der Waals surface area contributed by atoms with E-state index in [1.807, 2.05) is 0 Å². The average molecular weight is 328 g/mol. The summed E-state index contributed by atoms with van der Waals surface area (Å²) in [6.07, 6.45) is 3.06. The van der Waals surface area contributed by atoms with Gasteiger partial charge >= 0.3 is 6.18 Å². The lowest BCUT2D eigenvalue weighted by Gasteiger charge is -2.14. The molecule has 3 rings (SSSR count). The Morgan fingerprint density at radius 1 is 1.14 bits per heavy atom. The maximum Gasteiger partial charge on any atom is 0.406 e. The van der Waals surface area contributed by atoms with Crippen molar-refractivity contribution in [2.45, 2.75) is 48.8 Å². The summed E-state index contributed by atoms with van der Waals surface area (Å²) in [5.41, 5.74) is 0.588. The van der Waals surface area contributed by atoms with Crippen LogP contribution in [0.4, 0.5) is 13.2 Å². The summed E-state index contributed by atoms with van der Waals surface area (Å²) in [5.74, 6) is 0.236. The average Bonchev–Trinajstić information content (AvgIpc) is 3.10. The summed E-state index contributed by atoms with van der Waals surface area (Å²) in [4.78, 5) is 3.88. The van der Waals surface area contributed by atoms with E-state index in [0.29, 0.717) is 16.0 Å². The fraction of sp³-hybridized carbons (Fsp3) is 0.500. The number of halogens is 3. The number of hydrogen-bond donors (Lipinski definition) is 0. The Labute approximate surface area is 130 Å². The quantitative estimate of drug-likeness (QED) is 0.853. The second-order valence-corrected chi connectivity index (χ2v) is 6.54. The van der Waals surface area contributed by atoms with Crippen molar-refractivity contribution < 1.29 is 13.2 Å². The Kier molecular flexibility index (Phi) is 4.37. The van der Waals surface area contributed by atoms with Crippen molar-refractivity contribution >= 4 is 11.8 Å². The van der Waals surface area contributed by atoms with Crippen LogP contribution in [0.3, 0.4) is 0 Å². The molecule has 0 aliphatic heterocycles. The van der Waals surface area contributed by atoms with Crippen LogP contribution in [0, 0.1) is 0 Å². The number of rotatable bonds is 4. The lowest BCUT2D eigenvalue weighted by Crippen LogP contribution is -2.19. The van der Waals surface area contributed by atoms with Gasteiger partial charge in [-0.3, -0.25) is 9.55 Å². The Morgan fingerprint density at radius 3 is 2.45 bits per heavy atom. The third-order valence-corrected chi connectivity index (χ3v) is 4.88. The molecule has 0 aromatic carbocycles. The second kappa shape index (κ2) is 6.28. The van der Waals surface area contributed by atoms with Crippen molar-refractivity contribution in [2.75, 3.05) is 0 Å². The number of pyridine rings is 1. The largest absolute Gasteiger partial charge is 0.406 e. The van der Waals surface area contributed by atoms with Gasteiger partial charge in [-0.15, -0.1) is 10.2 Å². The number of hydrogen-bond acceptors (Lipinski definition) is 4. The molecule has 4 nitrogen and oxygen atoms in total. The van der Waals surface area contributed by atoms with Gasteiger partial charge in [0.2, 0.25) is 0 Å². The minimum atomic E-state index is -4.31. The Morgan fingerprint density at radius 2 is 1.82 bits per heavy atom. The van der Waals surface area contributed by atoms with Crippen LogP contribution < -0.4 is 0 Å². The Bertz CT molecular complexity index is 621. The first-order valence-corrected chi connectivity index (χ1v) is 7.98. The van der Waals surface area contributed by atoms with Crippen LogP contribution in [0.1, 0.15) is 25.7 Å². The molecule has 2 aromatic heterocycles. The van der Waals surface area contributed by atoms with E-state index < -0.39 is 12.7 Å². The number of alkyl halides is 3. The topological polar surface area (TPSA) is 43.6 Å². The first-order valence-electron chi connectivity index (χ1n) is 7.10. The molecule has 1 fully saturated rings. The maximum absolute atomic E-state index is 12.9. The van der Waals surface area contributed by atoms with Crippen LogP contribution in [0.5, 0.6) is 0 Å². The molecule has 0 atom stereocenters. The van der Waals surface area contributed by atoms with Crippen molar-refractivity contribution in [3.8, 4) is 11.4 Å². The van der Waals surface area contributed by atoms with Crippen molar-refractivity contribution in [3.63, 3.8) is 0 Å². The summed E-state index contributed by atoms with van der Waals surface area (Å²) in [7, 11) is 0. The standard InChI is InChI=1S/C14H15F3N4S/c15-14(16,17)9-21-12(10-5-7-18-8-6-10)19-20-13(21)22-11-3-1-2-4-11/h5-8,11H,1-4,9H2. The molecular weight excluding hydrogens is 313 g/mol. The van der Waals surface area contributed by atoms with E-state index in [9.17, 15) is 13.2 Å². The van der Waals surface area contributed by atoms with Gasteiger partial charge in [-0.2, -0.15) is 13.2 Å². The smallest absolute Gasteiger partial charge is 0.293 e. The molecule has 0 saturated heterocycles. The second-order valence-electron chi connectivity index (χ2n) is 5.27. The normalized spacial score (nSPS) is 16.3. The van der Waals surface area contributed by atoms with Crippen LogP contribution in [0.15, 0.2) is 29.7 Å². The molecule has 8 heteroatoms. The molecule has 1 saturated carbocycles. The molecule has 1 aliphatic rings. The molecule has 0 radical (unpaired) electrons. The predicted octanol–water partition coefficient (Wildman–Crippen LogP) is 3.94. The van der Waals surface area contributed by atoms with E-state index in [1.54, 1.807) is 12.1 Å². The minimum Gasteiger partial charge on any atom is -0.293 e. The van der Waals surface area contributed by atoms with E-state index in [0.717, 1.165) is 30.3 Å². The first kappa shape index (κ1) is 15.3. The summed E-state index contributed by atoms with van der Waals surface area (Å²) < 4.78 is 39.9. The van der Waals surface area contributed by atoms with Gasteiger partial charge in [0, 0.05) is 23.2 Å². The van der Waals surface area contributed by atoms with Crippen LogP contribution in [0.2, 0.25) is 0 Å². The van der Waals surface area contributed by atoms with Gasteiger partial charge < -0.3 is 0 Å². The number of aromatic nitrogens is 4.